The van der Waals surface area contributed by atoms with Crippen LogP contribution in [0.3, 0.4) is 0 Å². The first-order valence-corrected chi connectivity index (χ1v) is 5.11. The van der Waals surface area contributed by atoms with Crippen LogP contribution >= 0.6 is 0 Å². The van der Waals surface area contributed by atoms with Crippen LogP contribution < -0.4 is 10.1 Å². The van der Waals surface area contributed by atoms with E-state index in [4.69, 9.17) is 4.74 Å². The fraction of sp³-hybridized carbons (Fsp3) is 0.308. The van der Waals surface area contributed by atoms with Gasteiger partial charge in [0.15, 0.2) is 6.29 Å². The highest BCUT2D eigenvalue weighted by molar-refractivity contribution is 5.79. The zero-order chi connectivity index (χ0) is 12.4. The van der Waals surface area contributed by atoms with Gasteiger partial charge in [-0.1, -0.05) is 6.07 Å². The number of aryl methyl sites for hydroxylation is 1. The zero-order valence-electron chi connectivity index (χ0n) is 9.95. The number of likely N-dealkylation sites (N-methyl/N-ethyl adjacent to an activating group) is 1. The zero-order valence-corrected chi connectivity index (χ0v) is 9.95. The molecule has 16 heavy (non-hydrogen) atoms. The smallest absolute Gasteiger partial charge is 0.153 e. The van der Waals surface area contributed by atoms with Crippen LogP contribution in [0.5, 0.6) is 5.75 Å². The van der Waals surface area contributed by atoms with Gasteiger partial charge in [0.1, 0.15) is 12.4 Å². The highest BCUT2D eigenvalue weighted by Gasteiger charge is 2.02. The van der Waals surface area contributed by atoms with Gasteiger partial charge in [-0.05, 0) is 31.7 Å². The lowest BCUT2D eigenvalue weighted by Crippen LogP contribution is -2.16. The fourth-order valence-corrected chi connectivity index (χ4v) is 1.13. The van der Waals surface area contributed by atoms with E-state index in [0.717, 1.165) is 18.4 Å². The van der Waals surface area contributed by atoms with Gasteiger partial charge in [0.2, 0.25) is 0 Å². The molecule has 0 saturated heterocycles. The minimum absolute atomic E-state index is 0.570. The van der Waals surface area contributed by atoms with Crippen LogP contribution in [0.25, 0.3) is 0 Å². The number of hydrogen-bond acceptors (Lipinski definition) is 3. The van der Waals surface area contributed by atoms with Gasteiger partial charge in [0.25, 0.3) is 0 Å². The first-order chi connectivity index (χ1) is 7.77. The predicted molar refractivity (Wildman–Crippen MR) is 67.2 cm³/mol. The van der Waals surface area contributed by atoms with Crippen LogP contribution in [0.4, 0.5) is 0 Å². The summed E-state index contributed by atoms with van der Waals surface area (Å²) in [5.41, 5.74) is 1.70. The van der Waals surface area contributed by atoms with Crippen LogP contribution in [-0.4, -0.2) is 26.5 Å². The molecule has 1 aromatic rings. The lowest BCUT2D eigenvalue weighted by Gasteiger charge is -2.08. The van der Waals surface area contributed by atoms with Gasteiger partial charge in [-0.25, -0.2) is 0 Å². The van der Waals surface area contributed by atoms with Crippen molar-refractivity contribution in [3.8, 4) is 5.75 Å². The summed E-state index contributed by atoms with van der Waals surface area (Å²) < 4.78 is 5.46. The number of rotatable bonds is 5. The second kappa shape index (κ2) is 8.68. The number of carbonyl (C=O) groups excluding carboxylic acids is 1. The molecule has 3 nitrogen and oxygen atoms in total. The van der Waals surface area contributed by atoms with Crippen molar-refractivity contribution in [2.75, 3.05) is 20.2 Å². The Morgan fingerprint density at radius 1 is 1.44 bits per heavy atom. The van der Waals surface area contributed by atoms with E-state index < -0.39 is 0 Å². The quantitative estimate of drug-likeness (QED) is 0.470. The van der Waals surface area contributed by atoms with Crippen LogP contribution in [0.2, 0.25) is 0 Å². The summed E-state index contributed by atoms with van der Waals surface area (Å²) in [6, 6.07) is 5.55. The van der Waals surface area contributed by atoms with Gasteiger partial charge >= 0.3 is 0 Å². The average Bonchev–Trinajstić information content (AvgIpc) is 2.32. The molecule has 1 rings (SSSR count). The number of aldehydes is 1. The van der Waals surface area contributed by atoms with Crippen molar-refractivity contribution in [1.82, 2.24) is 5.32 Å². The molecule has 0 atom stereocenters. The van der Waals surface area contributed by atoms with E-state index in [-0.39, 0.29) is 0 Å². The lowest BCUT2D eigenvalue weighted by molar-refractivity contribution is 0.111. The maximum Gasteiger partial charge on any atom is 0.153 e. The Kier molecular flexibility index (Phi) is 7.81. The van der Waals surface area contributed by atoms with Gasteiger partial charge in [-0.2, -0.15) is 0 Å². The molecule has 0 aliphatic carbocycles. The van der Waals surface area contributed by atoms with Gasteiger partial charge < -0.3 is 10.1 Å². The summed E-state index contributed by atoms with van der Waals surface area (Å²) >= 11 is 0. The molecular formula is C13H19NO2. The monoisotopic (exact) mass is 221 g/mol. The van der Waals surface area contributed by atoms with E-state index >= 15 is 0 Å². The van der Waals surface area contributed by atoms with Crippen LogP contribution in [-0.2, 0) is 0 Å². The second-order valence-corrected chi connectivity index (χ2v) is 3.11. The van der Waals surface area contributed by atoms with Crippen LogP contribution in [0, 0.1) is 6.92 Å². The van der Waals surface area contributed by atoms with Crippen molar-refractivity contribution >= 4 is 6.29 Å². The summed E-state index contributed by atoms with van der Waals surface area (Å²) in [5, 5.41) is 2.98. The van der Waals surface area contributed by atoms with Crippen LogP contribution in [0.1, 0.15) is 15.9 Å². The SMILES string of the molecule is C=C.CNCCOc1cc(C)ccc1C=O. The van der Waals surface area contributed by atoms with Crippen molar-refractivity contribution in [1.29, 1.82) is 0 Å². The standard InChI is InChI=1S/C11H15NO2.C2H4/c1-9-3-4-10(8-13)11(7-9)14-6-5-12-2;1-2/h3-4,7-8,12H,5-6H2,1-2H3;1-2H2. The van der Waals surface area contributed by atoms with Gasteiger partial charge in [-0.3, -0.25) is 4.79 Å². The van der Waals surface area contributed by atoms with Crippen molar-refractivity contribution in [3.63, 3.8) is 0 Å². The molecule has 0 fully saturated rings. The molecule has 0 aromatic heterocycles. The van der Waals surface area contributed by atoms with Crippen molar-refractivity contribution in [3.05, 3.63) is 42.5 Å². The van der Waals surface area contributed by atoms with Gasteiger partial charge in [0, 0.05) is 6.54 Å². The van der Waals surface area contributed by atoms with E-state index in [1.165, 1.54) is 0 Å². The maximum atomic E-state index is 10.7. The number of carbonyl (C=O) groups is 1. The van der Waals surface area contributed by atoms with Crippen LogP contribution in [0.15, 0.2) is 31.4 Å². The summed E-state index contributed by atoms with van der Waals surface area (Å²) in [4.78, 5) is 10.7. The van der Waals surface area contributed by atoms with Gasteiger partial charge in [-0.15, -0.1) is 13.2 Å². The number of benzene rings is 1. The van der Waals surface area contributed by atoms with E-state index in [0.29, 0.717) is 17.9 Å². The molecule has 0 radical (unpaired) electrons. The highest BCUT2D eigenvalue weighted by Crippen LogP contribution is 2.18. The van der Waals surface area contributed by atoms with Gasteiger partial charge in [0.05, 0.1) is 5.56 Å². The average molecular weight is 221 g/mol. The lowest BCUT2D eigenvalue weighted by atomic mass is 10.1. The Hall–Kier alpha value is -1.61. The van der Waals surface area contributed by atoms with E-state index in [1.807, 2.05) is 26.1 Å². The summed E-state index contributed by atoms with van der Waals surface area (Å²) in [7, 11) is 1.86. The third kappa shape index (κ3) is 4.75. The highest BCUT2D eigenvalue weighted by atomic mass is 16.5. The summed E-state index contributed by atoms with van der Waals surface area (Å²) in [6.45, 7) is 9.31. The molecule has 0 aliphatic rings. The van der Waals surface area contributed by atoms with E-state index in [9.17, 15) is 4.79 Å². The van der Waals surface area contributed by atoms with Crippen molar-refractivity contribution in [2.45, 2.75) is 6.92 Å². The normalized spacial score (nSPS) is 8.88. The number of ether oxygens (including phenoxy) is 1. The van der Waals surface area contributed by atoms with E-state index in [2.05, 4.69) is 18.5 Å². The second-order valence-electron chi connectivity index (χ2n) is 3.11. The summed E-state index contributed by atoms with van der Waals surface area (Å²) in [6.07, 6.45) is 0.814. The topological polar surface area (TPSA) is 38.3 Å². The van der Waals surface area contributed by atoms with Crippen molar-refractivity contribution < 1.29 is 9.53 Å². The Morgan fingerprint density at radius 2 is 2.12 bits per heavy atom. The Balaban J connectivity index is 0.00000106. The predicted octanol–water partition coefficient (Wildman–Crippen LogP) is 2.21. The van der Waals surface area contributed by atoms with E-state index in [1.54, 1.807) is 6.07 Å². The Bertz CT molecular complexity index is 324. The Morgan fingerprint density at radius 3 is 2.69 bits per heavy atom. The summed E-state index contributed by atoms with van der Waals surface area (Å²) in [5.74, 6) is 0.662. The first-order valence-electron chi connectivity index (χ1n) is 5.11. The minimum Gasteiger partial charge on any atom is -0.492 e. The molecule has 0 heterocycles. The molecule has 88 valence electrons. The molecule has 3 heteroatoms. The largest absolute Gasteiger partial charge is 0.492 e. The third-order valence-electron chi connectivity index (χ3n) is 1.91. The maximum absolute atomic E-state index is 10.7. The first kappa shape index (κ1) is 14.4. The Labute approximate surface area is 97.1 Å². The molecule has 1 N–H and O–H groups in total. The number of nitrogens with one attached hydrogen (secondary N) is 1. The fourth-order valence-electron chi connectivity index (χ4n) is 1.13. The molecular weight excluding hydrogens is 202 g/mol. The molecule has 0 aliphatic heterocycles. The number of hydrogen-bond donors (Lipinski definition) is 1. The molecule has 1 aromatic carbocycles. The molecule has 0 amide bonds. The molecule has 0 spiro atoms. The third-order valence-corrected chi connectivity index (χ3v) is 1.91. The molecule has 0 saturated carbocycles. The molecule has 0 unspecified atom stereocenters. The molecule has 0 bridgehead atoms. The minimum atomic E-state index is 0.570. The van der Waals surface area contributed by atoms with Crippen molar-refractivity contribution in [2.24, 2.45) is 0 Å².